The van der Waals surface area contributed by atoms with Crippen LogP contribution in [0.1, 0.15) is 78.7 Å². The highest BCUT2D eigenvalue weighted by molar-refractivity contribution is 5.85. The minimum atomic E-state index is -0.360. The number of aryl methyl sites for hydroxylation is 3. The minimum absolute atomic E-state index is 0.0718. The standard InChI is InChI=1S/C28H32N6O/c1-18-14-15-19(2)25-22(18)17-23(28(35)29-25)26(33-16-8-10-20-9-6-7-13-24(20)33)27-30-31-32-34(27)21-11-4-3-5-12-21/h6-7,9,13-15,17,21,26H,3-5,8,10-12,16H2,1-2H3,(H,29,35). The number of hydrogen-bond donors (Lipinski definition) is 1. The maximum absolute atomic E-state index is 13.7. The number of aromatic amines is 1. The van der Waals surface area contributed by atoms with Gasteiger partial charge in [0, 0.05) is 23.2 Å². The van der Waals surface area contributed by atoms with Gasteiger partial charge in [-0.3, -0.25) is 4.79 Å². The first kappa shape index (κ1) is 22.0. The van der Waals surface area contributed by atoms with Crippen molar-refractivity contribution >= 4 is 16.6 Å². The quantitative estimate of drug-likeness (QED) is 0.446. The Morgan fingerprint density at radius 2 is 1.80 bits per heavy atom. The zero-order valence-electron chi connectivity index (χ0n) is 20.5. The Morgan fingerprint density at radius 3 is 2.66 bits per heavy atom. The van der Waals surface area contributed by atoms with Gasteiger partial charge in [0.1, 0.15) is 6.04 Å². The second kappa shape index (κ2) is 8.95. The predicted molar refractivity (Wildman–Crippen MR) is 138 cm³/mol. The third kappa shape index (κ3) is 3.83. The molecule has 1 saturated carbocycles. The van der Waals surface area contributed by atoms with Gasteiger partial charge in [0.2, 0.25) is 0 Å². The number of hydrogen-bond acceptors (Lipinski definition) is 5. The molecule has 1 fully saturated rings. The van der Waals surface area contributed by atoms with Crippen molar-refractivity contribution in [3.63, 3.8) is 0 Å². The molecule has 0 amide bonds. The third-order valence-electron chi connectivity index (χ3n) is 7.91. The van der Waals surface area contributed by atoms with E-state index >= 15 is 0 Å². The Labute approximate surface area is 205 Å². The van der Waals surface area contributed by atoms with E-state index in [0.717, 1.165) is 60.1 Å². The van der Waals surface area contributed by atoms with E-state index in [-0.39, 0.29) is 17.6 Å². The van der Waals surface area contributed by atoms with Gasteiger partial charge < -0.3 is 9.88 Å². The van der Waals surface area contributed by atoms with Gasteiger partial charge in [-0.05, 0) is 78.8 Å². The number of rotatable bonds is 4. The molecule has 0 spiro atoms. The van der Waals surface area contributed by atoms with E-state index in [2.05, 4.69) is 74.8 Å². The topological polar surface area (TPSA) is 79.7 Å². The second-order valence-corrected chi connectivity index (χ2v) is 10.1. The minimum Gasteiger partial charge on any atom is -0.357 e. The molecule has 0 bridgehead atoms. The van der Waals surface area contributed by atoms with Gasteiger partial charge in [-0.2, -0.15) is 0 Å². The number of fused-ring (bicyclic) bond motifs is 2. The molecule has 2 aromatic carbocycles. The molecule has 4 aromatic rings. The molecule has 1 aliphatic carbocycles. The van der Waals surface area contributed by atoms with Crippen LogP contribution in [0, 0.1) is 13.8 Å². The Bertz CT molecular complexity index is 1430. The molecule has 1 N–H and O–H groups in total. The third-order valence-corrected chi connectivity index (χ3v) is 7.91. The van der Waals surface area contributed by atoms with Crippen LogP contribution in [0.15, 0.2) is 47.3 Å². The van der Waals surface area contributed by atoms with E-state index in [1.807, 2.05) is 11.6 Å². The van der Waals surface area contributed by atoms with E-state index in [1.165, 1.54) is 30.5 Å². The van der Waals surface area contributed by atoms with Crippen molar-refractivity contribution in [1.82, 2.24) is 25.2 Å². The Morgan fingerprint density at radius 1 is 1.00 bits per heavy atom. The van der Waals surface area contributed by atoms with Crippen molar-refractivity contribution in [2.75, 3.05) is 11.4 Å². The summed E-state index contributed by atoms with van der Waals surface area (Å²) in [6, 6.07) is 14.7. The average molecular weight is 469 g/mol. The largest absolute Gasteiger partial charge is 0.357 e. The molecule has 1 aliphatic heterocycles. The fraction of sp³-hybridized carbons (Fsp3) is 0.429. The van der Waals surface area contributed by atoms with Gasteiger partial charge in [-0.1, -0.05) is 49.6 Å². The summed E-state index contributed by atoms with van der Waals surface area (Å²) in [5, 5.41) is 14.3. The Hall–Kier alpha value is -3.48. The maximum atomic E-state index is 13.7. The fourth-order valence-corrected chi connectivity index (χ4v) is 6.04. The van der Waals surface area contributed by atoms with Crippen LogP contribution in [0.4, 0.5) is 5.69 Å². The van der Waals surface area contributed by atoms with Crippen LogP contribution in [0.25, 0.3) is 10.9 Å². The zero-order valence-corrected chi connectivity index (χ0v) is 20.5. The molecule has 180 valence electrons. The molecule has 1 unspecified atom stereocenters. The zero-order chi connectivity index (χ0) is 23.9. The molecule has 3 heterocycles. The number of H-pyrrole nitrogens is 1. The first-order valence-electron chi connectivity index (χ1n) is 12.9. The van der Waals surface area contributed by atoms with Crippen molar-refractivity contribution in [3.05, 3.63) is 80.9 Å². The summed E-state index contributed by atoms with van der Waals surface area (Å²) in [6.45, 7) is 4.99. The lowest BCUT2D eigenvalue weighted by atomic mass is 9.93. The normalized spacial score (nSPS) is 17.5. The van der Waals surface area contributed by atoms with Crippen molar-refractivity contribution in [3.8, 4) is 0 Å². The fourth-order valence-electron chi connectivity index (χ4n) is 6.04. The highest BCUT2D eigenvalue weighted by Crippen LogP contribution is 2.38. The highest BCUT2D eigenvalue weighted by Gasteiger charge is 2.35. The average Bonchev–Trinajstić information content (AvgIpc) is 3.37. The predicted octanol–water partition coefficient (Wildman–Crippen LogP) is 5.18. The van der Waals surface area contributed by atoms with Crippen molar-refractivity contribution < 1.29 is 0 Å². The molecule has 2 aliphatic rings. The van der Waals surface area contributed by atoms with Crippen molar-refractivity contribution in [1.29, 1.82) is 0 Å². The van der Waals surface area contributed by atoms with Gasteiger partial charge in [-0.25, -0.2) is 4.68 Å². The number of benzene rings is 2. The second-order valence-electron chi connectivity index (χ2n) is 10.1. The van der Waals surface area contributed by atoms with E-state index in [1.54, 1.807) is 0 Å². The molecule has 35 heavy (non-hydrogen) atoms. The first-order valence-corrected chi connectivity index (χ1v) is 12.9. The number of para-hydroxylation sites is 1. The molecule has 7 heteroatoms. The maximum Gasteiger partial charge on any atom is 0.254 e. The van der Waals surface area contributed by atoms with Crippen molar-refractivity contribution in [2.45, 2.75) is 70.9 Å². The number of aromatic nitrogens is 5. The summed E-state index contributed by atoms with van der Waals surface area (Å²) < 4.78 is 2.02. The van der Waals surface area contributed by atoms with Crippen LogP contribution in [-0.2, 0) is 6.42 Å². The molecule has 0 radical (unpaired) electrons. The number of tetrazole rings is 1. The monoisotopic (exact) mass is 468 g/mol. The summed E-state index contributed by atoms with van der Waals surface area (Å²) in [5.41, 5.74) is 6.23. The highest BCUT2D eigenvalue weighted by atomic mass is 16.1. The summed E-state index contributed by atoms with van der Waals surface area (Å²) >= 11 is 0. The molecule has 7 nitrogen and oxygen atoms in total. The summed E-state index contributed by atoms with van der Waals surface area (Å²) in [4.78, 5) is 19.3. The Kier molecular flexibility index (Phi) is 5.63. The van der Waals surface area contributed by atoms with Crippen LogP contribution < -0.4 is 10.5 Å². The number of nitrogens with zero attached hydrogens (tertiary/aromatic N) is 5. The van der Waals surface area contributed by atoms with Crippen LogP contribution in [0.3, 0.4) is 0 Å². The SMILES string of the molecule is Cc1ccc(C)c2[nH]c(=O)c(C(c3nnnn3C3CCCCC3)N3CCCc4ccccc43)cc12. The van der Waals surface area contributed by atoms with Gasteiger partial charge in [0.15, 0.2) is 5.82 Å². The summed E-state index contributed by atoms with van der Waals surface area (Å²) in [6.07, 6.45) is 7.87. The summed E-state index contributed by atoms with van der Waals surface area (Å²) in [5.74, 6) is 0.767. The lowest BCUT2D eigenvalue weighted by Gasteiger charge is -2.38. The molecule has 2 aromatic heterocycles. The molecule has 1 atom stereocenters. The number of pyridine rings is 1. The number of anilines is 1. The van der Waals surface area contributed by atoms with Gasteiger partial charge in [0.05, 0.1) is 11.6 Å². The molecular weight excluding hydrogens is 436 g/mol. The van der Waals surface area contributed by atoms with E-state index < -0.39 is 0 Å². The van der Waals surface area contributed by atoms with Gasteiger partial charge in [0.25, 0.3) is 5.56 Å². The molecular formula is C28H32N6O. The van der Waals surface area contributed by atoms with Gasteiger partial charge >= 0.3 is 0 Å². The van der Waals surface area contributed by atoms with Crippen LogP contribution in [0.2, 0.25) is 0 Å². The van der Waals surface area contributed by atoms with Crippen LogP contribution >= 0.6 is 0 Å². The van der Waals surface area contributed by atoms with Crippen LogP contribution in [0.5, 0.6) is 0 Å². The lowest BCUT2D eigenvalue weighted by Crippen LogP contribution is -2.39. The van der Waals surface area contributed by atoms with Crippen molar-refractivity contribution in [2.24, 2.45) is 0 Å². The molecule has 6 rings (SSSR count). The Balaban J connectivity index is 1.58. The number of nitrogens with one attached hydrogen (secondary N) is 1. The van der Waals surface area contributed by atoms with Crippen LogP contribution in [-0.4, -0.2) is 31.7 Å². The summed E-state index contributed by atoms with van der Waals surface area (Å²) in [7, 11) is 0. The van der Waals surface area contributed by atoms with E-state index in [9.17, 15) is 4.79 Å². The van der Waals surface area contributed by atoms with Gasteiger partial charge in [-0.15, -0.1) is 5.10 Å². The first-order chi connectivity index (χ1) is 17.1. The lowest BCUT2D eigenvalue weighted by molar-refractivity contribution is 0.313. The van der Waals surface area contributed by atoms with E-state index in [4.69, 9.17) is 0 Å². The van der Waals surface area contributed by atoms with E-state index in [0.29, 0.717) is 5.56 Å². The molecule has 0 saturated heterocycles. The smallest absolute Gasteiger partial charge is 0.254 e.